The molecule has 0 aliphatic rings. The maximum atomic E-state index is 5.87. The molecule has 0 saturated heterocycles. The molecule has 0 aliphatic heterocycles. The highest BCUT2D eigenvalue weighted by molar-refractivity contribution is 9.10. The van der Waals surface area contributed by atoms with Gasteiger partial charge < -0.3 is 15.4 Å². The van der Waals surface area contributed by atoms with Crippen LogP contribution >= 0.6 is 28.1 Å². The summed E-state index contributed by atoms with van der Waals surface area (Å²) in [7, 11) is 1.72. The lowest BCUT2D eigenvalue weighted by Crippen LogP contribution is -2.38. The third-order valence-electron chi connectivity index (χ3n) is 3.45. The van der Waals surface area contributed by atoms with E-state index in [4.69, 9.17) is 22.7 Å². The number of anilines is 1. The zero-order valence-corrected chi connectivity index (χ0v) is 14.8. The zero-order chi connectivity index (χ0) is 15.1. The van der Waals surface area contributed by atoms with E-state index in [0.717, 1.165) is 35.1 Å². The van der Waals surface area contributed by atoms with Gasteiger partial charge in [-0.25, -0.2) is 0 Å². The monoisotopic (exact) mass is 358 g/mol. The van der Waals surface area contributed by atoms with Crippen LogP contribution in [0.1, 0.15) is 32.3 Å². The van der Waals surface area contributed by atoms with Crippen LogP contribution in [-0.2, 0) is 4.74 Å². The Bertz CT molecular complexity index is 449. The van der Waals surface area contributed by atoms with Gasteiger partial charge in [0.05, 0.1) is 6.61 Å². The first-order valence-electron chi connectivity index (χ1n) is 6.90. The Morgan fingerprint density at radius 1 is 1.40 bits per heavy atom. The molecule has 0 unspecified atom stereocenters. The van der Waals surface area contributed by atoms with E-state index in [1.807, 2.05) is 12.1 Å². The topological polar surface area (TPSA) is 38.5 Å². The van der Waals surface area contributed by atoms with E-state index in [1.54, 1.807) is 7.11 Å². The van der Waals surface area contributed by atoms with Crippen LogP contribution in [0.2, 0.25) is 0 Å². The Labute approximate surface area is 135 Å². The molecule has 20 heavy (non-hydrogen) atoms. The Balaban J connectivity index is 3.23. The Kier molecular flexibility index (Phi) is 7.48. The molecule has 5 heteroatoms. The average Bonchev–Trinajstić information content (AvgIpc) is 2.43. The molecular formula is C15H23BrN2OS. The molecular weight excluding hydrogens is 336 g/mol. The quantitative estimate of drug-likeness (QED) is 0.718. The van der Waals surface area contributed by atoms with E-state index in [1.165, 1.54) is 0 Å². The smallest absolute Gasteiger partial charge is 0.106 e. The highest BCUT2D eigenvalue weighted by Gasteiger charge is 2.19. The number of thiocarbonyl (C=S) groups is 1. The number of hydrogen-bond acceptors (Lipinski definition) is 3. The van der Waals surface area contributed by atoms with Gasteiger partial charge in [0, 0.05) is 35.4 Å². The van der Waals surface area contributed by atoms with E-state index in [-0.39, 0.29) is 0 Å². The van der Waals surface area contributed by atoms with Gasteiger partial charge in [-0.05, 0) is 31.0 Å². The summed E-state index contributed by atoms with van der Waals surface area (Å²) in [6.07, 6.45) is 2.15. The number of benzene rings is 1. The van der Waals surface area contributed by atoms with E-state index < -0.39 is 0 Å². The highest BCUT2D eigenvalue weighted by Crippen LogP contribution is 2.28. The van der Waals surface area contributed by atoms with Gasteiger partial charge in [-0.15, -0.1) is 0 Å². The molecule has 1 aromatic carbocycles. The lowest BCUT2D eigenvalue weighted by atomic mass is 10.1. The van der Waals surface area contributed by atoms with Crippen molar-refractivity contribution in [1.29, 1.82) is 0 Å². The number of halogens is 1. The summed E-state index contributed by atoms with van der Waals surface area (Å²) in [5, 5.41) is 0. The van der Waals surface area contributed by atoms with Crippen molar-refractivity contribution in [2.24, 2.45) is 5.73 Å². The van der Waals surface area contributed by atoms with Gasteiger partial charge in [-0.2, -0.15) is 0 Å². The Morgan fingerprint density at radius 3 is 2.55 bits per heavy atom. The first-order valence-corrected chi connectivity index (χ1v) is 8.10. The number of methoxy groups -OCH3 is 1. The molecule has 3 nitrogen and oxygen atoms in total. The third-order valence-corrected chi connectivity index (χ3v) is 4.17. The van der Waals surface area contributed by atoms with Gasteiger partial charge >= 0.3 is 0 Å². The number of nitrogens with two attached hydrogens (primary N) is 1. The normalized spacial score (nSPS) is 10.8. The van der Waals surface area contributed by atoms with Crippen LogP contribution in [0.15, 0.2) is 22.7 Å². The first-order chi connectivity index (χ1) is 9.54. The molecule has 0 aliphatic carbocycles. The van der Waals surface area contributed by atoms with Crippen molar-refractivity contribution in [2.45, 2.75) is 32.7 Å². The number of nitrogens with zero attached hydrogens (tertiary/aromatic N) is 1. The fraction of sp³-hybridized carbons (Fsp3) is 0.533. The Morgan fingerprint density at radius 2 is 2.05 bits per heavy atom. The molecule has 0 saturated carbocycles. The maximum absolute atomic E-state index is 5.87. The van der Waals surface area contributed by atoms with Crippen molar-refractivity contribution in [1.82, 2.24) is 0 Å². The molecule has 1 aromatic rings. The minimum atomic E-state index is 0.431. The van der Waals surface area contributed by atoms with Crippen molar-refractivity contribution < 1.29 is 4.74 Å². The summed E-state index contributed by atoms with van der Waals surface area (Å²) in [5.41, 5.74) is 7.88. The van der Waals surface area contributed by atoms with Crippen LogP contribution in [-0.4, -0.2) is 31.3 Å². The molecule has 0 amide bonds. The predicted molar refractivity (Wildman–Crippen MR) is 93.6 cm³/mol. The summed E-state index contributed by atoms with van der Waals surface area (Å²) >= 11 is 8.72. The molecule has 0 heterocycles. The summed E-state index contributed by atoms with van der Waals surface area (Å²) in [6, 6.07) is 6.48. The summed E-state index contributed by atoms with van der Waals surface area (Å²) in [6.45, 7) is 5.91. The number of rotatable bonds is 8. The summed E-state index contributed by atoms with van der Waals surface area (Å²) < 4.78 is 6.27. The highest BCUT2D eigenvalue weighted by atomic mass is 79.9. The van der Waals surface area contributed by atoms with Gasteiger partial charge in [0.1, 0.15) is 4.99 Å². The van der Waals surface area contributed by atoms with E-state index in [0.29, 0.717) is 17.6 Å². The molecule has 0 bridgehead atoms. The molecule has 1 rings (SSSR count). The third kappa shape index (κ3) is 4.43. The second-order valence-corrected chi connectivity index (χ2v) is 6.04. The van der Waals surface area contributed by atoms with Gasteiger partial charge in [-0.1, -0.05) is 42.0 Å². The maximum Gasteiger partial charge on any atom is 0.106 e. The van der Waals surface area contributed by atoms with Gasteiger partial charge in [0.2, 0.25) is 0 Å². The first kappa shape index (κ1) is 17.4. The lowest BCUT2D eigenvalue weighted by Gasteiger charge is -2.34. The van der Waals surface area contributed by atoms with E-state index in [2.05, 4.69) is 40.7 Å². The molecule has 112 valence electrons. The van der Waals surface area contributed by atoms with Crippen LogP contribution in [0, 0.1) is 0 Å². The van der Waals surface area contributed by atoms with Crippen LogP contribution in [0.3, 0.4) is 0 Å². The van der Waals surface area contributed by atoms with Gasteiger partial charge in [0.15, 0.2) is 0 Å². The van der Waals surface area contributed by atoms with E-state index in [9.17, 15) is 0 Å². The fourth-order valence-corrected chi connectivity index (χ4v) is 2.89. The van der Waals surface area contributed by atoms with Crippen LogP contribution < -0.4 is 10.6 Å². The van der Waals surface area contributed by atoms with Crippen molar-refractivity contribution in [3.8, 4) is 0 Å². The second-order valence-electron chi connectivity index (χ2n) is 4.68. The van der Waals surface area contributed by atoms with E-state index >= 15 is 0 Å². The number of hydrogen-bond donors (Lipinski definition) is 1. The summed E-state index contributed by atoms with van der Waals surface area (Å²) in [4.78, 5) is 2.78. The van der Waals surface area contributed by atoms with Crippen molar-refractivity contribution in [3.63, 3.8) is 0 Å². The predicted octanol–water partition coefficient (Wildman–Crippen LogP) is 3.72. The minimum Gasteiger partial charge on any atom is -0.389 e. The van der Waals surface area contributed by atoms with Crippen LogP contribution in [0.5, 0.6) is 0 Å². The molecule has 0 aromatic heterocycles. The zero-order valence-electron chi connectivity index (χ0n) is 12.4. The van der Waals surface area contributed by atoms with Crippen LogP contribution in [0.25, 0.3) is 0 Å². The standard InChI is InChI=1S/C15H23BrN2OS/c1-4-12(5-2)18(8-9-19-3)14-10-11(16)6-7-13(14)15(17)20/h6-7,10,12H,4-5,8-9H2,1-3H3,(H2,17,20). The number of ether oxygens (including phenoxy) is 1. The second kappa shape index (κ2) is 8.60. The fourth-order valence-electron chi connectivity index (χ4n) is 2.37. The van der Waals surface area contributed by atoms with Gasteiger partial charge in [-0.3, -0.25) is 0 Å². The molecule has 2 N–H and O–H groups in total. The molecule has 0 fully saturated rings. The Hall–Kier alpha value is -0.650. The van der Waals surface area contributed by atoms with Crippen molar-refractivity contribution >= 4 is 38.8 Å². The van der Waals surface area contributed by atoms with Crippen molar-refractivity contribution in [2.75, 3.05) is 25.2 Å². The van der Waals surface area contributed by atoms with Crippen LogP contribution in [0.4, 0.5) is 5.69 Å². The summed E-state index contributed by atoms with van der Waals surface area (Å²) in [5.74, 6) is 0. The lowest BCUT2D eigenvalue weighted by molar-refractivity contribution is 0.202. The molecule has 0 atom stereocenters. The SMILES string of the molecule is CCC(CC)N(CCOC)c1cc(Br)ccc1C(N)=S. The minimum absolute atomic E-state index is 0.431. The largest absolute Gasteiger partial charge is 0.389 e. The molecule has 0 radical (unpaired) electrons. The van der Waals surface area contributed by atoms with Gasteiger partial charge in [0.25, 0.3) is 0 Å². The average molecular weight is 359 g/mol. The molecule has 0 spiro atoms. The van der Waals surface area contributed by atoms with Crippen molar-refractivity contribution in [3.05, 3.63) is 28.2 Å².